The van der Waals surface area contributed by atoms with Crippen LogP contribution < -0.4 is 10.6 Å². The Labute approximate surface area is 165 Å². The molecule has 1 spiro atoms. The van der Waals surface area contributed by atoms with E-state index in [9.17, 15) is 19.5 Å². The summed E-state index contributed by atoms with van der Waals surface area (Å²) in [5.41, 5.74) is -0.0921. The van der Waals surface area contributed by atoms with Gasteiger partial charge in [-0.3, -0.25) is 24.6 Å². The predicted molar refractivity (Wildman–Crippen MR) is 102 cm³/mol. The molecule has 144 valence electrons. The summed E-state index contributed by atoms with van der Waals surface area (Å²) in [5.74, 6) is -2.61. The van der Waals surface area contributed by atoms with E-state index in [0.29, 0.717) is 24.2 Å². The van der Waals surface area contributed by atoms with Gasteiger partial charge in [-0.25, -0.2) is 0 Å². The predicted octanol–water partition coefficient (Wildman–Crippen LogP) is 1.35. The van der Waals surface area contributed by atoms with Crippen LogP contribution in [0.15, 0.2) is 22.7 Å². The molecular weight excluding hydrogens is 414 g/mol. The van der Waals surface area contributed by atoms with E-state index < -0.39 is 29.5 Å². The summed E-state index contributed by atoms with van der Waals surface area (Å²) in [7, 11) is 0. The maximum Gasteiger partial charge on any atom is 0.250 e. The van der Waals surface area contributed by atoms with Crippen molar-refractivity contribution in [1.29, 1.82) is 0 Å². The Morgan fingerprint density at radius 2 is 2.04 bits per heavy atom. The van der Waals surface area contributed by atoms with E-state index in [-0.39, 0.29) is 17.7 Å². The van der Waals surface area contributed by atoms with Gasteiger partial charge in [-0.1, -0.05) is 29.3 Å². The number of nitrogens with zero attached hydrogens (tertiary/aromatic N) is 1. The molecule has 1 aromatic carbocycles. The van der Waals surface area contributed by atoms with Crippen molar-refractivity contribution >= 4 is 39.3 Å². The molecular formula is C19H22BrN3O4. The molecule has 2 fully saturated rings. The van der Waals surface area contributed by atoms with E-state index in [2.05, 4.69) is 26.6 Å². The van der Waals surface area contributed by atoms with Gasteiger partial charge in [0.2, 0.25) is 17.7 Å². The second-order valence-corrected chi connectivity index (χ2v) is 8.46. The Bertz CT molecular complexity index is 842. The number of carbonyl (C=O) groups excluding carboxylic acids is 3. The first-order valence-corrected chi connectivity index (χ1v) is 10.0. The van der Waals surface area contributed by atoms with Crippen LogP contribution in [0.3, 0.4) is 0 Å². The summed E-state index contributed by atoms with van der Waals surface area (Å²) in [5, 5.41) is 16.3. The average molecular weight is 436 g/mol. The van der Waals surface area contributed by atoms with Gasteiger partial charge in [0.05, 0.1) is 17.9 Å². The molecule has 0 aliphatic carbocycles. The van der Waals surface area contributed by atoms with Crippen molar-refractivity contribution in [1.82, 2.24) is 10.2 Å². The molecule has 7 nitrogen and oxygen atoms in total. The van der Waals surface area contributed by atoms with E-state index in [1.807, 2.05) is 13.0 Å². The molecule has 1 aromatic rings. The third-order valence-electron chi connectivity index (χ3n) is 5.96. The molecule has 0 aromatic heterocycles. The number of unbranched alkanes of at least 4 members (excludes halogenated alkanes) is 1. The maximum atomic E-state index is 13.3. The highest BCUT2D eigenvalue weighted by Crippen LogP contribution is 2.53. The van der Waals surface area contributed by atoms with Gasteiger partial charge in [-0.05, 0) is 31.5 Å². The Kier molecular flexibility index (Phi) is 4.40. The molecule has 3 amide bonds. The highest BCUT2D eigenvalue weighted by molar-refractivity contribution is 9.10. The lowest BCUT2D eigenvalue weighted by molar-refractivity contribution is -0.143. The quantitative estimate of drug-likeness (QED) is 0.619. The van der Waals surface area contributed by atoms with E-state index in [1.165, 1.54) is 4.90 Å². The number of nitrogens with one attached hydrogen (secondary N) is 2. The molecule has 0 radical (unpaired) electrons. The number of hydrogen-bond donors (Lipinski definition) is 3. The van der Waals surface area contributed by atoms with Crippen LogP contribution in [0.4, 0.5) is 5.69 Å². The van der Waals surface area contributed by atoms with E-state index >= 15 is 0 Å². The molecule has 0 saturated carbocycles. The molecule has 3 aliphatic rings. The molecule has 3 aliphatic heterocycles. The van der Waals surface area contributed by atoms with Gasteiger partial charge in [-0.2, -0.15) is 0 Å². The van der Waals surface area contributed by atoms with Crippen LogP contribution in [0, 0.1) is 11.8 Å². The molecule has 0 bridgehead atoms. The minimum absolute atomic E-state index is 0.301. The lowest BCUT2D eigenvalue weighted by atomic mass is 9.76. The van der Waals surface area contributed by atoms with Crippen molar-refractivity contribution in [3.05, 3.63) is 28.2 Å². The maximum absolute atomic E-state index is 13.3. The van der Waals surface area contributed by atoms with Crippen molar-refractivity contribution in [3.8, 4) is 0 Å². The number of anilines is 1. The average Bonchev–Trinajstić information content (AvgIpc) is 3.20. The fourth-order valence-corrected chi connectivity index (χ4v) is 5.08. The summed E-state index contributed by atoms with van der Waals surface area (Å²) >= 11 is 3.43. The Hall–Kier alpha value is -1.77. The number of aliphatic hydroxyl groups is 1. The first-order valence-electron chi connectivity index (χ1n) is 9.25. The SMILES string of the molecule is CCCCN1C(=O)[C@@H]2[C@@H]([C@@H](C)O)N[C@@]3(C(=O)Nc4ccc(Br)cc43)[C@@H]2C1=O. The van der Waals surface area contributed by atoms with Crippen molar-refractivity contribution in [3.63, 3.8) is 0 Å². The smallest absolute Gasteiger partial charge is 0.250 e. The molecule has 27 heavy (non-hydrogen) atoms. The third-order valence-corrected chi connectivity index (χ3v) is 6.45. The van der Waals surface area contributed by atoms with Crippen LogP contribution in [0.5, 0.6) is 0 Å². The molecule has 2 saturated heterocycles. The van der Waals surface area contributed by atoms with Gasteiger partial charge >= 0.3 is 0 Å². The topological polar surface area (TPSA) is 98.7 Å². The van der Waals surface area contributed by atoms with Crippen LogP contribution in [-0.4, -0.2) is 46.4 Å². The number of rotatable bonds is 4. The summed E-state index contributed by atoms with van der Waals surface area (Å²) in [4.78, 5) is 40.7. The van der Waals surface area contributed by atoms with Crippen molar-refractivity contribution < 1.29 is 19.5 Å². The van der Waals surface area contributed by atoms with Gasteiger partial charge in [0.25, 0.3) is 0 Å². The Morgan fingerprint density at radius 1 is 1.30 bits per heavy atom. The first-order chi connectivity index (χ1) is 12.8. The van der Waals surface area contributed by atoms with E-state index in [4.69, 9.17) is 0 Å². The largest absolute Gasteiger partial charge is 0.392 e. The number of carbonyl (C=O) groups is 3. The summed E-state index contributed by atoms with van der Waals surface area (Å²) in [6.07, 6.45) is 0.681. The van der Waals surface area contributed by atoms with Crippen LogP contribution in [-0.2, 0) is 19.9 Å². The number of halogens is 1. The normalized spacial score (nSPS) is 32.8. The second-order valence-electron chi connectivity index (χ2n) is 7.55. The van der Waals surface area contributed by atoms with Crippen LogP contribution in [0.1, 0.15) is 32.3 Å². The molecule has 0 unspecified atom stereocenters. The Balaban J connectivity index is 1.86. The zero-order valence-electron chi connectivity index (χ0n) is 15.2. The standard InChI is InChI=1S/C19H22BrN3O4/c1-3-4-7-23-16(25)13-14(17(23)26)19(22-15(13)9(2)24)11-8-10(20)5-6-12(11)21-18(19)27/h5-6,8-9,13-15,22,24H,3-4,7H2,1-2H3,(H,21,27)/t9-,13+,14+,15-,19-/m1/s1. The molecule has 8 heteroatoms. The Morgan fingerprint density at radius 3 is 2.70 bits per heavy atom. The summed E-state index contributed by atoms with van der Waals surface area (Å²) < 4.78 is 0.774. The highest BCUT2D eigenvalue weighted by atomic mass is 79.9. The van der Waals surface area contributed by atoms with Gasteiger partial charge in [0.1, 0.15) is 5.54 Å². The number of benzene rings is 1. The minimum Gasteiger partial charge on any atom is -0.392 e. The number of amides is 3. The fourth-order valence-electron chi connectivity index (χ4n) is 4.71. The molecule has 5 atom stereocenters. The summed E-state index contributed by atoms with van der Waals surface area (Å²) in [6.45, 7) is 3.91. The van der Waals surface area contributed by atoms with Gasteiger partial charge in [-0.15, -0.1) is 0 Å². The number of fused-ring (bicyclic) bond motifs is 4. The second kappa shape index (κ2) is 6.39. The van der Waals surface area contributed by atoms with E-state index in [1.54, 1.807) is 19.1 Å². The van der Waals surface area contributed by atoms with Gasteiger partial charge in [0, 0.05) is 28.3 Å². The summed E-state index contributed by atoms with van der Waals surface area (Å²) in [6, 6.07) is 4.71. The van der Waals surface area contributed by atoms with E-state index in [0.717, 1.165) is 10.9 Å². The lowest BCUT2D eigenvalue weighted by Crippen LogP contribution is -2.54. The van der Waals surface area contributed by atoms with Crippen LogP contribution in [0.25, 0.3) is 0 Å². The number of hydrogen-bond acceptors (Lipinski definition) is 5. The van der Waals surface area contributed by atoms with Gasteiger partial charge in [0.15, 0.2) is 0 Å². The van der Waals surface area contributed by atoms with Crippen LogP contribution in [0.2, 0.25) is 0 Å². The molecule has 3 N–H and O–H groups in total. The zero-order chi connectivity index (χ0) is 19.5. The monoisotopic (exact) mass is 435 g/mol. The lowest BCUT2D eigenvalue weighted by Gasteiger charge is -2.30. The van der Waals surface area contributed by atoms with Crippen molar-refractivity contribution in [2.75, 3.05) is 11.9 Å². The molecule has 3 heterocycles. The van der Waals surface area contributed by atoms with Crippen LogP contribution >= 0.6 is 15.9 Å². The zero-order valence-corrected chi connectivity index (χ0v) is 16.7. The van der Waals surface area contributed by atoms with Gasteiger partial charge < -0.3 is 10.4 Å². The third kappa shape index (κ3) is 2.43. The first kappa shape index (κ1) is 18.6. The fraction of sp³-hybridized carbons (Fsp3) is 0.526. The minimum atomic E-state index is -1.35. The number of likely N-dealkylation sites (tertiary alicyclic amines) is 1. The highest BCUT2D eigenvalue weighted by Gasteiger charge is 2.70. The number of imide groups is 1. The number of aliphatic hydroxyl groups excluding tert-OH is 1. The van der Waals surface area contributed by atoms with Crippen molar-refractivity contribution in [2.24, 2.45) is 11.8 Å². The molecule has 4 rings (SSSR count). The van der Waals surface area contributed by atoms with Crippen molar-refractivity contribution in [2.45, 2.75) is 44.4 Å².